The van der Waals surface area contributed by atoms with Gasteiger partial charge in [0.1, 0.15) is 152 Å². The normalized spacial score (nSPS) is 39.2. The first kappa shape index (κ1) is 93.5. The van der Waals surface area contributed by atoms with Gasteiger partial charge in [0.25, 0.3) is 0 Å². The van der Waals surface area contributed by atoms with Crippen molar-refractivity contribution in [2.45, 2.75) is 332 Å². The van der Waals surface area contributed by atoms with Crippen LogP contribution in [-0.4, -0.2) is 391 Å². The number of rotatable bonds is 39. The van der Waals surface area contributed by atoms with Crippen molar-refractivity contribution < 1.29 is 184 Å². The summed E-state index contributed by atoms with van der Waals surface area (Å²) in [5, 5.41) is 234. The first-order chi connectivity index (χ1) is 50.3. The molecule has 0 aromatic rings. The molecule has 6 saturated heterocycles. The molecule has 0 aromatic carbocycles. The second-order valence-electron chi connectivity index (χ2n) is 28.0. The van der Waals surface area contributed by atoms with Gasteiger partial charge in [-0.25, -0.2) is 4.79 Å². The Bertz CT molecular complexity index is 2490. The van der Waals surface area contributed by atoms with Crippen molar-refractivity contribution in [3.63, 3.8) is 0 Å². The fourth-order valence-electron chi connectivity index (χ4n) is 12.4. The number of carbonyl (C=O) groups excluding carboxylic acids is 2. The van der Waals surface area contributed by atoms with Gasteiger partial charge in [-0.15, -0.1) is 6.58 Å². The summed E-state index contributed by atoms with van der Waals surface area (Å²) in [5.74, 6) is -0.367. The standard InChI is InChI=1S/C39H71NO18.C28H49NO19/c1-3-5-6-7-8-9-10-11-12-13-14-15-16-17-23(44)22(40-27(45)4-2)21-53-37-33(51)30(48)35(25(19-42)55-37)58-39-34(52)31(49)36(26(20-43)56-39)57-38-32(50)29(47)28(46)24(18-41)54-38;1-5-11(33)10(29-27(41)48-28(2,3)4)9-42-24-20(39)17(36)22(13(7-31)44-24)47-26-21(40)18(37)23(14(8-32)45-26)46-25-19(38)16(35)15(34)12(6-30)43-25/h16-17,22-26,28-39,41-44,46-52H,3-15,18-21H2,1-2H3,(H,40,45);5,10-26,30-40H,1,6-9H2,2-4H3,(H,29,41)/b17-16+;/t22-,23+,24?,25?,26?,28-,29-,30+,31+,32?,33?,34?,35+,36-,37+,38+,39-;10-,11+,12?,13?,14?,15-,16-,17+,18+,19?,20?,21?,22+,23-,24+,25+,26-/m00/s1. The quantitative estimate of drug-likeness (QED) is 0.0201. The molecule has 12 unspecified atom stereocenters. The number of allylic oxidation sites excluding steroid dienone is 1. The van der Waals surface area contributed by atoms with Crippen molar-refractivity contribution in [2.24, 2.45) is 0 Å². The number of amides is 2. The van der Waals surface area contributed by atoms with Crippen LogP contribution in [0.25, 0.3) is 0 Å². The Balaban J connectivity index is 0.000000387. The summed E-state index contributed by atoms with van der Waals surface area (Å²) in [6, 6.07) is -2.11. The molecule has 6 aliphatic heterocycles. The third-order valence-corrected chi connectivity index (χ3v) is 18.8. The molecule has 6 rings (SSSR count). The molecule has 6 fully saturated rings. The van der Waals surface area contributed by atoms with Gasteiger partial charge in [0.2, 0.25) is 5.91 Å². The van der Waals surface area contributed by atoms with Crippen molar-refractivity contribution in [3.05, 3.63) is 24.8 Å². The number of carbonyl (C=O) groups is 2. The summed E-state index contributed by atoms with van der Waals surface area (Å²) in [5.41, 5.74) is -0.855. The van der Waals surface area contributed by atoms with Gasteiger partial charge < -0.3 is 185 Å². The van der Waals surface area contributed by atoms with E-state index in [9.17, 15) is 122 Å². The van der Waals surface area contributed by atoms with E-state index in [1.54, 1.807) is 33.8 Å². The highest BCUT2D eigenvalue weighted by molar-refractivity contribution is 5.76. The number of aliphatic hydroxyl groups excluding tert-OH is 22. The van der Waals surface area contributed by atoms with Crippen LogP contribution in [0.2, 0.25) is 0 Å². The average molecular weight is 1550 g/mol. The summed E-state index contributed by atoms with van der Waals surface area (Å²) in [6.07, 6.45) is -36.1. The number of hydrogen-bond donors (Lipinski definition) is 24. The van der Waals surface area contributed by atoms with E-state index in [-0.39, 0.29) is 18.9 Å². The summed E-state index contributed by atoms with van der Waals surface area (Å²) in [7, 11) is 0. The Morgan fingerprint density at radius 1 is 0.406 bits per heavy atom. The van der Waals surface area contributed by atoms with Gasteiger partial charge in [0.05, 0.1) is 77.1 Å². The molecule has 620 valence electrons. The van der Waals surface area contributed by atoms with Gasteiger partial charge >= 0.3 is 6.09 Å². The van der Waals surface area contributed by atoms with Crippen LogP contribution in [0, 0.1) is 0 Å². The summed E-state index contributed by atoms with van der Waals surface area (Å²) >= 11 is 0. The predicted octanol–water partition coefficient (Wildman–Crippen LogP) is -8.14. The minimum absolute atomic E-state index is 0.125. The van der Waals surface area contributed by atoms with Crippen molar-refractivity contribution in [1.82, 2.24) is 10.6 Å². The van der Waals surface area contributed by atoms with Gasteiger partial charge in [0.15, 0.2) is 37.7 Å². The lowest BCUT2D eigenvalue weighted by Crippen LogP contribution is -2.66. The predicted molar refractivity (Wildman–Crippen MR) is 358 cm³/mol. The highest BCUT2D eigenvalue weighted by Gasteiger charge is 2.56. The minimum atomic E-state index is -1.99. The topological polar surface area (TPSA) is 623 Å². The highest BCUT2D eigenvalue weighted by atomic mass is 16.8. The van der Waals surface area contributed by atoms with Crippen LogP contribution in [0.5, 0.6) is 0 Å². The zero-order chi connectivity index (χ0) is 78.9. The number of ether oxygens (including phenoxy) is 13. The Kier molecular flexibility index (Phi) is 40.7. The average Bonchev–Trinajstić information content (AvgIpc) is 0.780. The monoisotopic (exact) mass is 1540 g/mol. The molecule has 6 heterocycles. The zero-order valence-electron chi connectivity index (χ0n) is 60.4. The second-order valence-corrected chi connectivity index (χ2v) is 28.0. The van der Waals surface area contributed by atoms with E-state index in [4.69, 9.17) is 61.6 Å². The molecule has 39 heteroatoms. The molecule has 2 amide bonds. The van der Waals surface area contributed by atoms with Crippen LogP contribution in [0.3, 0.4) is 0 Å². The Morgan fingerprint density at radius 3 is 1.03 bits per heavy atom. The molecule has 6 aliphatic rings. The lowest BCUT2D eigenvalue weighted by Gasteiger charge is -2.48. The number of unbranched alkanes of at least 4 members (excludes halogenated alkanes) is 11. The van der Waals surface area contributed by atoms with E-state index in [2.05, 4.69) is 24.1 Å². The van der Waals surface area contributed by atoms with E-state index in [0.29, 0.717) is 0 Å². The van der Waals surface area contributed by atoms with Crippen LogP contribution >= 0.6 is 0 Å². The van der Waals surface area contributed by atoms with E-state index in [1.807, 2.05) is 6.08 Å². The Hall–Kier alpha value is -3.14. The van der Waals surface area contributed by atoms with E-state index >= 15 is 0 Å². The number of aliphatic hydroxyl groups is 22. The third-order valence-electron chi connectivity index (χ3n) is 18.8. The van der Waals surface area contributed by atoms with Gasteiger partial charge in [0, 0.05) is 6.42 Å². The highest BCUT2D eigenvalue weighted by Crippen LogP contribution is 2.36. The van der Waals surface area contributed by atoms with Gasteiger partial charge in [-0.1, -0.05) is 96.3 Å². The molecule has 34 atom stereocenters. The number of hydrogen-bond acceptors (Lipinski definition) is 37. The van der Waals surface area contributed by atoms with Gasteiger partial charge in [-0.2, -0.15) is 0 Å². The van der Waals surface area contributed by atoms with E-state index in [0.717, 1.165) is 31.8 Å². The van der Waals surface area contributed by atoms with Crippen LogP contribution in [-0.2, 0) is 66.4 Å². The largest absolute Gasteiger partial charge is 0.444 e. The minimum Gasteiger partial charge on any atom is -0.444 e. The molecule has 0 aliphatic carbocycles. The van der Waals surface area contributed by atoms with Crippen molar-refractivity contribution in [3.8, 4) is 0 Å². The molecule has 0 aromatic heterocycles. The van der Waals surface area contributed by atoms with Gasteiger partial charge in [-0.3, -0.25) is 4.79 Å². The lowest BCUT2D eigenvalue weighted by molar-refractivity contribution is -0.379. The third kappa shape index (κ3) is 26.5. The fourth-order valence-corrected chi connectivity index (χ4v) is 12.4. The Labute approximate surface area is 614 Å². The smallest absolute Gasteiger partial charge is 0.408 e. The SMILES string of the molecule is C=C[C@@H](O)[C@H](CO[C@@H]1OC(CO)[C@@H](O[C@@H]2OC(CO)[C@H](O[C@H]3OC(CO)[C@H](O)[C@H](O)C3O)[C@H](O)C2O)[C@H](O)C1O)NC(=O)OC(C)(C)C.CCCCCCCCCCCCC/C=C/[C@@H](O)[C@H](CO[C@@H]1OC(CO)[C@@H](O[C@@H]2OC(CO)[C@H](O[C@H]3OC(CO)[C@H](O)[C@H](O)C3O)[C@H](O)C2O)[C@H](O)C1O)NC(=O)CC. The molecule has 106 heavy (non-hydrogen) atoms. The molecule has 0 spiro atoms. The van der Waals surface area contributed by atoms with Crippen molar-refractivity contribution in [2.75, 3.05) is 52.9 Å². The lowest BCUT2D eigenvalue weighted by atomic mass is 9.96. The second kappa shape index (κ2) is 46.1. The molecular weight excluding hydrogens is 1420 g/mol. The van der Waals surface area contributed by atoms with Crippen LogP contribution in [0.15, 0.2) is 24.8 Å². The molecular formula is C67H120N2O37. The molecule has 0 saturated carbocycles. The first-order valence-corrected chi connectivity index (χ1v) is 36.2. The van der Waals surface area contributed by atoms with Crippen LogP contribution in [0.1, 0.15) is 118 Å². The van der Waals surface area contributed by atoms with Gasteiger partial charge in [-0.05, 0) is 33.6 Å². The maximum absolute atomic E-state index is 12.3. The molecule has 0 bridgehead atoms. The summed E-state index contributed by atoms with van der Waals surface area (Å²) in [4.78, 5) is 24.5. The number of alkyl carbamates (subject to hydrolysis) is 1. The molecule has 24 N–H and O–H groups in total. The van der Waals surface area contributed by atoms with Crippen LogP contribution < -0.4 is 10.6 Å². The fraction of sp³-hybridized carbons (Fsp3) is 0.910. The molecule has 0 radical (unpaired) electrons. The van der Waals surface area contributed by atoms with E-state index in [1.165, 1.54) is 51.4 Å². The van der Waals surface area contributed by atoms with Crippen LogP contribution in [0.4, 0.5) is 4.79 Å². The van der Waals surface area contributed by atoms with E-state index < -0.39 is 266 Å². The maximum Gasteiger partial charge on any atom is 0.408 e. The zero-order valence-corrected chi connectivity index (χ0v) is 60.4. The maximum atomic E-state index is 12.3. The van der Waals surface area contributed by atoms with Crippen molar-refractivity contribution in [1.29, 1.82) is 0 Å². The number of nitrogens with one attached hydrogen (secondary N) is 2. The first-order valence-electron chi connectivity index (χ1n) is 36.2. The summed E-state index contributed by atoms with van der Waals surface area (Å²) in [6.45, 7) is 6.45. The molecule has 39 nitrogen and oxygen atoms in total. The van der Waals surface area contributed by atoms with Crippen molar-refractivity contribution >= 4 is 12.0 Å². The Morgan fingerprint density at radius 2 is 0.708 bits per heavy atom. The summed E-state index contributed by atoms with van der Waals surface area (Å²) < 4.78 is 71.8.